The lowest BCUT2D eigenvalue weighted by molar-refractivity contribution is -0.136. The fraction of sp³-hybridized carbons (Fsp3) is 0.269. The molecule has 0 bridgehead atoms. The summed E-state index contributed by atoms with van der Waals surface area (Å²) >= 11 is 7.39. The van der Waals surface area contributed by atoms with Gasteiger partial charge in [0.15, 0.2) is 4.80 Å². The molecule has 8 heteroatoms. The van der Waals surface area contributed by atoms with Crippen LogP contribution in [0.1, 0.15) is 37.9 Å². The zero-order valence-electron chi connectivity index (χ0n) is 19.5. The Balaban J connectivity index is 1.85. The molecule has 2 heterocycles. The van der Waals surface area contributed by atoms with Crippen LogP contribution in [0.3, 0.4) is 0 Å². The van der Waals surface area contributed by atoms with Gasteiger partial charge in [0.1, 0.15) is 0 Å². The van der Waals surface area contributed by atoms with Crippen LogP contribution in [0.5, 0.6) is 0 Å². The summed E-state index contributed by atoms with van der Waals surface area (Å²) < 4.78 is 7.16. The second kappa shape index (κ2) is 9.99. The highest BCUT2D eigenvalue weighted by atomic mass is 35.5. The molecule has 0 saturated carbocycles. The summed E-state index contributed by atoms with van der Waals surface area (Å²) in [5.74, 6) is -0.512. The Morgan fingerprint density at radius 1 is 1.15 bits per heavy atom. The molecule has 0 unspecified atom stereocenters. The first-order valence-electron chi connectivity index (χ1n) is 11.1. The van der Waals surface area contributed by atoms with Crippen molar-refractivity contribution in [2.75, 3.05) is 25.1 Å². The van der Waals surface area contributed by atoms with Gasteiger partial charge in [0.25, 0.3) is 5.56 Å². The van der Waals surface area contributed by atoms with Crippen LogP contribution in [0, 0.1) is 0 Å². The van der Waals surface area contributed by atoms with Gasteiger partial charge in [-0.1, -0.05) is 47.2 Å². The van der Waals surface area contributed by atoms with Gasteiger partial charge in [-0.05, 0) is 62.2 Å². The number of hydrogen-bond donors (Lipinski definition) is 0. The Morgan fingerprint density at radius 3 is 2.38 bits per heavy atom. The first-order valence-corrected chi connectivity index (χ1v) is 12.3. The van der Waals surface area contributed by atoms with E-state index in [1.807, 2.05) is 30.3 Å². The number of benzene rings is 2. The van der Waals surface area contributed by atoms with Gasteiger partial charge in [-0.15, -0.1) is 0 Å². The van der Waals surface area contributed by atoms with E-state index in [0.29, 0.717) is 25.6 Å². The van der Waals surface area contributed by atoms with Gasteiger partial charge >= 0.3 is 5.97 Å². The van der Waals surface area contributed by atoms with Gasteiger partial charge in [0.2, 0.25) is 0 Å². The van der Waals surface area contributed by atoms with Crippen LogP contribution in [0.2, 0.25) is 5.02 Å². The van der Waals surface area contributed by atoms with E-state index in [0.717, 1.165) is 29.9 Å². The average molecular weight is 496 g/mol. The summed E-state index contributed by atoms with van der Waals surface area (Å²) in [6.07, 6.45) is 1.87. The van der Waals surface area contributed by atoms with E-state index in [-0.39, 0.29) is 5.56 Å². The molecule has 1 aliphatic heterocycles. The van der Waals surface area contributed by atoms with Crippen molar-refractivity contribution >= 4 is 40.7 Å². The zero-order chi connectivity index (χ0) is 24.4. The van der Waals surface area contributed by atoms with Crippen molar-refractivity contribution in [1.29, 1.82) is 0 Å². The summed E-state index contributed by atoms with van der Waals surface area (Å²) in [5.41, 5.74) is 3.49. The van der Waals surface area contributed by atoms with Crippen LogP contribution in [0.25, 0.3) is 6.08 Å². The molecule has 0 aliphatic carbocycles. The molecule has 34 heavy (non-hydrogen) atoms. The summed E-state index contributed by atoms with van der Waals surface area (Å²) in [6.45, 7) is 7.87. The van der Waals surface area contributed by atoms with Crippen LogP contribution in [0.4, 0.5) is 5.69 Å². The molecule has 0 amide bonds. The molecule has 6 nitrogen and oxygen atoms in total. The molecule has 1 atom stereocenters. The van der Waals surface area contributed by atoms with Crippen molar-refractivity contribution in [2.45, 2.75) is 26.8 Å². The molecule has 0 fully saturated rings. The van der Waals surface area contributed by atoms with Gasteiger partial charge in [-0.3, -0.25) is 9.36 Å². The number of thiazole rings is 1. The van der Waals surface area contributed by atoms with Crippen molar-refractivity contribution in [3.8, 4) is 0 Å². The Hall–Kier alpha value is -3.16. The highest BCUT2D eigenvalue weighted by Gasteiger charge is 2.33. The van der Waals surface area contributed by atoms with Crippen LogP contribution in [-0.2, 0) is 9.53 Å². The number of anilines is 1. The maximum absolute atomic E-state index is 13.6. The Labute approximate surface area is 207 Å². The molecule has 2 aromatic carbocycles. The second-order valence-corrected chi connectivity index (χ2v) is 9.33. The van der Waals surface area contributed by atoms with Crippen molar-refractivity contribution in [2.24, 2.45) is 4.99 Å². The molecular formula is C26H26ClN3O3S. The van der Waals surface area contributed by atoms with Crippen molar-refractivity contribution < 1.29 is 9.53 Å². The molecule has 0 spiro atoms. The van der Waals surface area contributed by atoms with Crippen LogP contribution in [0.15, 0.2) is 69.6 Å². The van der Waals surface area contributed by atoms with Gasteiger partial charge in [0.05, 0.1) is 29.0 Å². The van der Waals surface area contributed by atoms with Crippen LogP contribution >= 0.6 is 22.9 Å². The minimum atomic E-state index is -0.645. The first kappa shape index (κ1) is 24.0. The molecule has 4 rings (SSSR count). The first-order chi connectivity index (χ1) is 16.4. The summed E-state index contributed by atoms with van der Waals surface area (Å²) in [6, 6.07) is 14.6. The van der Waals surface area contributed by atoms with Crippen LogP contribution < -0.4 is 19.8 Å². The normalized spacial score (nSPS) is 15.7. The quantitative estimate of drug-likeness (QED) is 0.486. The number of carbonyl (C=O) groups excluding carboxylic acids is 1. The lowest BCUT2D eigenvalue weighted by Gasteiger charge is -2.24. The number of hydrogen-bond acceptors (Lipinski definition) is 6. The van der Waals surface area contributed by atoms with Crippen molar-refractivity contribution in [3.05, 3.63) is 95.6 Å². The molecule has 0 saturated heterocycles. The molecular weight excluding hydrogens is 470 g/mol. The van der Waals surface area contributed by atoms with Crippen molar-refractivity contribution in [1.82, 2.24) is 4.57 Å². The van der Waals surface area contributed by atoms with Gasteiger partial charge in [-0.2, -0.15) is 0 Å². The number of ether oxygens (including phenoxy) is 1. The lowest BCUT2D eigenvalue weighted by atomic mass is 9.96. The fourth-order valence-electron chi connectivity index (χ4n) is 4.17. The third-order valence-corrected chi connectivity index (χ3v) is 7.17. The summed E-state index contributed by atoms with van der Waals surface area (Å²) in [7, 11) is 1.33. The minimum absolute atomic E-state index is 0.203. The molecule has 0 N–H and O–H groups in total. The predicted molar refractivity (Wildman–Crippen MR) is 137 cm³/mol. The highest BCUT2D eigenvalue weighted by Crippen LogP contribution is 2.31. The Kier molecular flexibility index (Phi) is 7.05. The average Bonchev–Trinajstić information content (AvgIpc) is 3.14. The number of fused-ring (bicyclic) bond motifs is 1. The molecule has 1 aromatic heterocycles. The smallest absolute Gasteiger partial charge is 0.338 e. The topological polar surface area (TPSA) is 63.9 Å². The SMILES string of the molecule is CCN(CC)c1ccc(/C=c2/sc3n(c2=O)[C@H](c2ccc(Cl)cc2)C(C(=O)OC)=C(C)N=3)cc1. The van der Waals surface area contributed by atoms with Gasteiger partial charge in [0, 0.05) is 23.8 Å². The van der Waals surface area contributed by atoms with E-state index in [2.05, 4.69) is 35.9 Å². The number of rotatable bonds is 6. The Morgan fingerprint density at radius 2 is 1.79 bits per heavy atom. The predicted octanol–water partition coefficient (Wildman–Crippen LogP) is 3.91. The maximum atomic E-state index is 13.6. The molecule has 1 aliphatic rings. The van der Waals surface area contributed by atoms with Crippen LogP contribution in [-0.4, -0.2) is 30.7 Å². The number of nitrogens with zero attached hydrogens (tertiary/aromatic N) is 3. The maximum Gasteiger partial charge on any atom is 0.338 e. The third kappa shape index (κ3) is 4.45. The number of esters is 1. The van der Waals surface area contributed by atoms with Crippen molar-refractivity contribution in [3.63, 3.8) is 0 Å². The molecule has 0 radical (unpaired) electrons. The Bertz CT molecular complexity index is 1420. The monoisotopic (exact) mass is 495 g/mol. The fourth-order valence-corrected chi connectivity index (χ4v) is 5.35. The third-order valence-electron chi connectivity index (χ3n) is 5.93. The number of carbonyl (C=O) groups is 1. The molecule has 176 valence electrons. The minimum Gasteiger partial charge on any atom is -0.466 e. The zero-order valence-corrected chi connectivity index (χ0v) is 21.1. The van der Waals surface area contributed by atoms with Gasteiger partial charge in [-0.25, -0.2) is 9.79 Å². The summed E-state index contributed by atoms with van der Waals surface area (Å²) in [5, 5.41) is 0.574. The lowest BCUT2D eigenvalue weighted by Crippen LogP contribution is -2.39. The number of methoxy groups -OCH3 is 1. The van der Waals surface area contributed by atoms with E-state index in [4.69, 9.17) is 16.3 Å². The van der Waals surface area contributed by atoms with Gasteiger partial charge < -0.3 is 9.64 Å². The van der Waals surface area contributed by atoms with E-state index >= 15 is 0 Å². The standard InChI is InChI=1S/C26H26ClN3O3S/c1-5-29(6-2)20-13-7-17(8-14-20)15-21-24(31)30-23(18-9-11-19(27)12-10-18)22(25(32)33-4)16(3)28-26(30)34-21/h7-15,23H,5-6H2,1-4H3/b21-15+/t23-/m1/s1. The number of halogens is 1. The van der Waals surface area contributed by atoms with E-state index in [1.54, 1.807) is 23.6 Å². The number of allylic oxidation sites excluding steroid dienone is 1. The largest absolute Gasteiger partial charge is 0.466 e. The van der Waals surface area contributed by atoms with E-state index < -0.39 is 12.0 Å². The summed E-state index contributed by atoms with van der Waals surface area (Å²) in [4.78, 5) is 33.7. The highest BCUT2D eigenvalue weighted by molar-refractivity contribution is 7.07. The van der Waals surface area contributed by atoms with E-state index in [9.17, 15) is 9.59 Å². The number of aromatic nitrogens is 1. The van der Waals surface area contributed by atoms with E-state index in [1.165, 1.54) is 18.4 Å². The molecule has 3 aromatic rings. The second-order valence-electron chi connectivity index (χ2n) is 7.89.